The number of hydrogen-bond donors (Lipinski definition) is 2. The van der Waals surface area contributed by atoms with E-state index in [1.165, 1.54) is 0 Å². The van der Waals surface area contributed by atoms with E-state index in [-0.39, 0.29) is 11.9 Å². The van der Waals surface area contributed by atoms with Crippen molar-refractivity contribution in [1.29, 1.82) is 0 Å². The van der Waals surface area contributed by atoms with Gasteiger partial charge in [0.1, 0.15) is 5.69 Å². The summed E-state index contributed by atoms with van der Waals surface area (Å²) in [5, 5.41) is 2.81. The Morgan fingerprint density at radius 1 is 1.56 bits per heavy atom. The number of nitrogen functional groups attached to an aromatic ring is 1. The molecule has 0 aliphatic rings. The minimum Gasteiger partial charge on any atom is -0.397 e. The van der Waals surface area contributed by atoms with Crippen molar-refractivity contribution in [1.82, 2.24) is 9.88 Å². The molecule has 0 aliphatic carbocycles. The van der Waals surface area contributed by atoms with Crippen molar-refractivity contribution in [3.05, 3.63) is 18.0 Å². The summed E-state index contributed by atoms with van der Waals surface area (Å²) in [7, 11) is -0.809. The number of aromatic nitrogens is 1. The largest absolute Gasteiger partial charge is 0.397 e. The van der Waals surface area contributed by atoms with Gasteiger partial charge in [-0.15, -0.1) is 0 Å². The Hall–Kier alpha value is -1.30. The third-order valence-electron chi connectivity index (χ3n) is 2.55. The quantitative estimate of drug-likeness (QED) is 0.762. The molecule has 0 aliphatic heterocycles. The molecule has 0 aromatic carbocycles. The summed E-state index contributed by atoms with van der Waals surface area (Å²) in [6.07, 6.45) is 4.14. The molecule has 102 valence electrons. The maximum Gasteiger partial charge on any atom is 0.267 e. The van der Waals surface area contributed by atoms with Gasteiger partial charge in [0.25, 0.3) is 5.91 Å². The molecule has 3 N–H and O–H groups in total. The molecule has 0 saturated heterocycles. The SMILES string of the molecule is CC(C)n1cc(N)cc1C(=O)NCCCS(C)=O. The molecule has 1 rings (SSSR count). The van der Waals surface area contributed by atoms with Gasteiger partial charge in [0.2, 0.25) is 0 Å². The van der Waals surface area contributed by atoms with Crippen LogP contribution in [0, 0.1) is 0 Å². The summed E-state index contributed by atoms with van der Waals surface area (Å²) >= 11 is 0. The van der Waals surface area contributed by atoms with Gasteiger partial charge in [-0.05, 0) is 26.3 Å². The maximum atomic E-state index is 12.0. The molecule has 5 nitrogen and oxygen atoms in total. The molecule has 0 spiro atoms. The number of anilines is 1. The fourth-order valence-corrected chi connectivity index (χ4v) is 2.23. The number of rotatable bonds is 6. The number of amides is 1. The molecule has 1 aromatic heterocycles. The van der Waals surface area contributed by atoms with Crippen LogP contribution in [0.2, 0.25) is 0 Å². The second kappa shape index (κ2) is 6.58. The molecule has 6 heteroatoms. The van der Waals surface area contributed by atoms with E-state index in [0.717, 1.165) is 0 Å². The third kappa shape index (κ3) is 4.18. The highest BCUT2D eigenvalue weighted by molar-refractivity contribution is 7.84. The van der Waals surface area contributed by atoms with Gasteiger partial charge in [-0.2, -0.15) is 0 Å². The highest BCUT2D eigenvalue weighted by atomic mass is 32.2. The van der Waals surface area contributed by atoms with Gasteiger partial charge in [0, 0.05) is 41.6 Å². The van der Waals surface area contributed by atoms with Crippen molar-refractivity contribution >= 4 is 22.4 Å². The van der Waals surface area contributed by atoms with Crippen molar-refractivity contribution in [2.75, 3.05) is 24.3 Å². The van der Waals surface area contributed by atoms with Crippen LogP contribution in [0.25, 0.3) is 0 Å². The van der Waals surface area contributed by atoms with E-state index < -0.39 is 10.8 Å². The molecule has 1 aromatic rings. The Balaban J connectivity index is 2.58. The van der Waals surface area contributed by atoms with Crippen LogP contribution in [0.15, 0.2) is 12.3 Å². The van der Waals surface area contributed by atoms with Crippen LogP contribution >= 0.6 is 0 Å². The second-order valence-electron chi connectivity index (χ2n) is 4.55. The lowest BCUT2D eigenvalue weighted by atomic mass is 10.3. The molecule has 18 heavy (non-hydrogen) atoms. The van der Waals surface area contributed by atoms with Crippen LogP contribution in [0.5, 0.6) is 0 Å². The lowest BCUT2D eigenvalue weighted by Crippen LogP contribution is -2.27. The monoisotopic (exact) mass is 271 g/mol. The van der Waals surface area contributed by atoms with Gasteiger partial charge in [0.15, 0.2) is 0 Å². The van der Waals surface area contributed by atoms with Crippen LogP contribution in [-0.2, 0) is 10.8 Å². The van der Waals surface area contributed by atoms with Crippen LogP contribution in [0.4, 0.5) is 5.69 Å². The zero-order chi connectivity index (χ0) is 13.7. The predicted molar refractivity (Wildman–Crippen MR) is 75.1 cm³/mol. The topological polar surface area (TPSA) is 77.1 Å². The maximum absolute atomic E-state index is 12.0. The van der Waals surface area contributed by atoms with E-state index in [0.29, 0.717) is 30.1 Å². The Morgan fingerprint density at radius 3 is 2.78 bits per heavy atom. The zero-order valence-electron chi connectivity index (χ0n) is 11.1. The van der Waals surface area contributed by atoms with E-state index in [1.54, 1.807) is 18.5 Å². The number of carbonyl (C=O) groups excluding carboxylic acids is 1. The molecular weight excluding hydrogens is 250 g/mol. The van der Waals surface area contributed by atoms with Crippen LogP contribution < -0.4 is 11.1 Å². The van der Waals surface area contributed by atoms with E-state index in [2.05, 4.69) is 5.32 Å². The molecule has 0 fully saturated rings. The predicted octanol–water partition coefficient (Wildman–Crippen LogP) is 1.15. The first-order valence-electron chi connectivity index (χ1n) is 5.97. The summed E-state index contributed by atoms with van der Waals surface area (Å²) in [5.74, 6) is 0.468. The summed E-state index contributed by atoms with van der Waals surface area (Å²) in [5.41, 5.74) is 6.86. The highest BCUT2D eigenvalue weighted by Gasteiger charge is 2.14. The number of hydrogen-bond acceptors (Lipinski definition) is 3. The zero-order valence-corrected chi connectivity index (χ0v) is 11.9. The van der Waals surface area contributed by atoms with E-state index in [9.17, 15) is 9.00 Å². The summed E-state index contributed by atoms with van der Waals surface area (Å²) in [4.78, 5) is 12.0. The normalized spacial score (nSPS) is 12.7. The molecule has 0 bridgehead atoms. The summed E-state index contributed by atoms with van der Waals surface area (Å²) in [6, 6.07) is 1.86. The molecule has 1 amide bonds. The van der Waals surface area contributed by atoms with Gasteiger partial charge in [-0.25, -0.2) is 0 Å². The standard InChI is InChI=1S/C12H21N3O2S/c1-9(2)15-8-10(13)7-11(15)12(16)14-5-4-6-18(3)17/h7-9H,4-6,13H2,1-3H3,(H,14,16). The smallest absolute Gasteiger partial charge is 0.267 e. The molecule has 1 atom stereocenters. The second-order valence-corrected chi connectivity index (χ2v) is 6.10. The van der Waals surface area contributed by atoms with Crippen molar-refractivity contribution in [2.24, 2.45) is 0 Å². The molecule has 1 unspecified atom stereocenters. The fourth-order valence-electron chi connectivity index (χ4n) is 1.68. The van der Waals surface area contributed by atoms with Crippen molar-refractivity contribution in [3.8, 4) is 0 Å². The van der Waals surface area contributed by atoms with Crippen molar-refractivity contribution in [3.63, 3.8) is 0 Å². The highest BCUT2D eigenvalue weighted by Crippen LogP contribution is 2.16. The van der Waals surface area contributed by atoms with Crippen molar-refractivity contribution < 1.29 is 9.00 Å². The van der Waals surface area contributed by atoms with Crippen LogP contribution in [-0.4, -0.2) is 33.2 Å². The molecule has 1 heterocycles. The third-order valence-corrected chi connectivity index (χ3v) is 3.42. The minimum atomic E-state index is -0.809. The Kier molecular flexibility index (Phi) is 5.40. The van der Waals surface area contributed by atoms with E-state index in [4.69, 9.17) is 5.73 Å². The number of carbonyl (C=O) groups is 1. The minimum absolute atomic E-state index is 0.137. The van der Waals surface area contributed by atoms with E-state index in [1.807, 2.05) is 18.4 Å². The van der Waals surface area contributed by atoms with Gasteiger partial charge in [0.05, 0.1) is 5.69 Å². The van der Waals surface area contributed by atoms with Gasteiger partial charge in [-0.1, -0.05) is 0 Å². The summed E-state index contributed by atoms with van der Waals surface area (Å²) in [6.45, 7) is 4.52. The Labute approximate surface area is 110 Å². The first kappa shape index (κ1) is 14.8. The summed E-state index contributed by atoms with van der Waals surface area (Å²) < 4.78 is 12.7. The molecule has 0 radical (unpaired) electrons. The lowest BCUT2D eigenvalue weighted by Gasteiger charge is -2.12. The van der Waals surface area contributed by atoms with Crippen LogP contribution in [0.1, 0.15) is 36.8 Å². The Morgan fingerprint density at radius 2 is 2.22 bits per heavy atom. The average molecular weight is 271 g/mol. The molecule has 0 saturated carbocycles. The van der Waals surface area contributed by atoms with E-state index >= 15 is 0 Å². The first-order valence-corrected chi connectivity index (χ1v) is 7.70. The lowest BCUT2D eigenvalue weighted by molar-refractivity contribution is 0.0943. The molecular formula is C12H21N3O2S. The Bertz CT molecular complexity index is 441. The number of nitrogens with two attached hydrogens (primary N) is 1. The number of nitrogens with zero attached hydrogens (tertiary/aromatic N) is 1. The van der Waals surface area contributed by atoms with Crippen molar-refractivity contribution in [2.45, 2.75) is 26.3 Å². The van der Waals surface area contributed by atoms with Crippen LogP contribution in [0.3, 0.4) is 0 Å². The van der Waals surface area contributed by atoms with Gasteiger partial charge in [-0.3, -0.25) is 9.00 Å². The number of nitrogens with one attached hydrogen (secondary N) is 1. The first-order chi connectivity index (χ1) is 8.41. The fraction of sp³-hybridized carbons (Fsp3) is 0.583. The van der Waals surface area contributed by atoms with Gasteiger partial charge >= 0.3 is 0 Å². The average Bonchev–Trinajstić information content (AvgIpc) is 2.66. The van der Waals surface area contributed by atoms with Gasteiger partial charge < -0.3 is 15.6 Å².